The zero-order valence-corrected chi connectivity index (χ0v) is 13.1. The minimum atomic E-state index is -0.261. The van der Waals surface area contributed by atoms with E-state index in [0.29, 0.717) is 17.9 Å². The summed E-state index contributed by atoms with van der Waals surface area (Å²) in [6.07, 6.45) is 3.82. The molecule has 4 rings (SSSR count). The highest BCUT2D eigenvalue weighted by atomic mass is 16.1. The zero-order chi connectivity index (χ0) is 16.4. The summed E-state index contributed by atoms with van der Waals surface area (Å²) in [6.45, 7) is 1.51. The van der Waals surface area contributed by atoms with E-state index >= 15 is 0 Å². The van der Waals surface area contributed by atoms with Gasteiger partial charge in [-0.05, 0) is 12.1 Å². The number of pyridine rings is 1. The number of hydrogen-bond acceptors (Lipinski definition) is 6. The molecule has 3 heterocycles. The lowest BCUT2D eigenvalue weighted by atomic mass is 9.97. The minimum Gasteiger partial charge on any atom is -0.353 e. The van der Waals surface area contributed by atoms with E-state index < -0.39 is 0 Å². The Labute approximate surface area is 139 Å². The zero-order valence-electron chi connectivity index (χ0n) is 13.1. The number of aromatic nitrogens is 1. The molecule has 2 aliphatic rings. The van der Waals surface area contributed by atoms with Gasteiger partial charge in [-0.1, -0.05) is 30.3 Å². The average molecular weight is 319 g/mol. The van der Waals surface area contributed by atoms with E-state index in [9.17, 15) is 4.79 Å². The smallest absolute Gasteiger partial charge is 0.215 e. The number of nitrogens with one attached hydrogen (secondary N) is 1. The van der Waals surface area contributed by atoms with E-state index in [1.54, 1.807) is 17.4 Å². The molecular weight excluding hydrogens is 302 g/mol. The van der Waals surface area contributed by atoms with Crippen LogP contribution >= 0.6 is 0 Å². The van der Waals surface area contributed by atoms with E-state index in [1.165, 1.54) is 0 Å². The van der Waals surface area contributed by atoms with Gasteiger partial charge in [0.2, 0.25) is 5.96 Å². The van der Waals surface area contributed by atoms with Gasteiger partial charge in [0.05, 0.1) is 18.5 Å². The summed E-state index contributed by atoms with van der Waals surface area (Å²) in [4.78, 5) is 21.7. The van der Waals surface area contributed by atoms with Crippen LogP contribution in [-0.2, 0) is 0 Å². The molecule has 0 bridgehead atoms. The van der Waals surface area contributed by atoms with Gasteiger partial charge in [0.25, 0.3) is 0 Å². The monoisotopic (exact) mass is 319 g/mol. The first-order valence-corrected chi connectivity index (χ1v) is 7.97. The van der Waals surface area contributed by atoms with E-state index in [-0.39, 0.29) is 11.8 Å². The highest BCUT2D eigenvalue weighted by Gasteiger charge is 2.32. The number of Topliss-reactive ketones (excluding diaryl/α,β-unsaturated/α-hetero) is 1. The molecule has 1 unspecified atom stereocenters. The number of carbonyl (C=O) groups excluding carboxylic acids is 1. The molecule has 24 heavy (non-hydrogen) atoms. The third-order valence-electron chi connectivity index (χ3n) is 4.15. The number of nitrogens with zero attached hydrogens (tertiary/aromatic N) is 4. The van der Waals surface area contributed by atoms with Crippen molar-refractivity contribution in [1.29, 1.82) is 0 Å². The molecule has 1 atom stereocenters. The normalized spacial score (nSPS) is 18.8. The first-order chi connectivity index (χ1) is 11.8. The van der Waals surface area contributed by atoms with Gasteiger partial charge < -0.3 is 5.32 Å². The van der Waals surface area contributed by atoms with Gasteiger partial charge in [-0.15, -0.1) is 0 Å². The molecule has 6 nitrogen and oxygen atoms in total. The van der Waals surface area contributed by atoms with Gasteiger partial charge >= 0.3 is 0 Å². The summed E-state index contributed by atoms with van der Waals surface area (Å²) in [5, 5.41) is 9.51. The molecular formula is C18H17N5O. The minimum absolute atomic E-state index is 0.0675. The van der Waals surface area contributed by atoms with Crippen LogP contribution in [0.25, 0.3) is 0 Å². The first-order valence-electron chi connectivity index (χ1n) is 7.97. The molecule has 6 heteroatoms. The Morgan fingerprint density at radius 2 is 2.08 bits per heavy atom. The summed E-state index contributed by atoms with van der Waals surface area (Å²) in [6, 6.07) is 12.9. The molecule has 2 aromatic rings. The van der Waals surface area contributed by atoms with Crippen LogP contribution in [0.1, 0.15) is 34.1 Å². The number of guanidine groups is 1. The number of carbonyl (C=O) groups is 1. The lowest BCUT2D eigenvalue weighted by molar-refractivity contribution is 0.0947. The van der Waals surface area contributed by atoms with Crippen molar-refractivity contribution in [2.75, 3.05) is 13.1 Å². The van der Waals surface area contributed by atoms with Gasteiger partial charge in [0.1, 0.15) is 6.04 Å². The molecule has 0 radical (unpaired) electrons. The van der Waals surface area contributed by atoms with Gasteiger partial charge in [-0.3, -0.25) is 9.78 Å². The number of aliphatic imine (C=N–C) groups is 1. The lowest BCUT2D eigenvalue weighted by Gasteiger charge is -2.31. The Hall–Kier alpha value is -3.02. The van der Waals surface area contributed by atoms with Crippen molar-refractivity contribution in [3.05, 3.63) is 65.5 Å². The van der Waals surface area contributed by atoms with E-state index in [2.05, 4.69) is 20.4 Å². The third kappa shape index (κ3) is 2.67. The summed E-state index contributed by atoms with van der Waals surface area (Å²) in [5.74, 6) is 0.770. The second-order valence-electron chi connectivity index (χ2n) is 5.71. The van der Waals surface area contributed by atoms with E-state index in [1.807, 2.05) is 42.5 Å². The summed E-state index contributed by atoms with van der Waals surface area (Å²) in [7, 11) is 0. The maximum atomic E-state index is 12.7. The first kappa shape index (κ1) is 14.6. The van der Waals surface area contributed by atoms with Gasteiger partial charge in [-0.25, -0.2) is 10.0 Å². The Balaban J connectivity index is 1.68. The molecule has 0 saturated carbocycles. The van der Waals surface area contributed by atoms with Crippen LogP contribution in [0.3, 0.4) is 0 Å². The number of ketones is 1. The van der Waals surface area contributed by atoms with Crippen LogP contribution in [0.15, 0.2) is 58.8 Å². The molecule has 0 spiro atoms. The fraction of sp³-hybridized carbons (Fsp3) is 0.222. The summed E-state index contributed by atoms with van der Waals surface area (Å²) >= 11 is 0. The molecule has 0 fully saturated rings. The molecule has 1 aromatic carbocycles. The van der Waals surface area contributed by atoms with Crippen LogP contribution in [0, 0.1) is 0 Å². The van der Waals surface area contributed by atoms with Crippen molar-refractivity contribution in [2.24, 2.45) is 10.1 Å². The SMILES string of the molecule is O=C(CC1c2ncccc2C=NN1C1=NCCN1)c1ccccc1. The molecule has 1 aromatic heterocycles. The second-order valence-corrected chi connectivity index (χ2v) is 5.71. The van der Waals surface area contributed by atoms with Crippen LogP contribution in [0.2, 0.25) is 0 Å². The Bertz CT molecular complexity index is 815. The Morgan fingerprint density at radius 1 is 1.21 bits per heavy atom. The predicted octanol–water partition coefficient (Wildman–Crippen LogP) is 2.00. The molecule has 1 N–H and O–H groups in total. The largest absolute Gasteiger partial charge is 0.353 e. The predicted molar refractivity (Wildman–Crippen MR) is 92.1 cm³/mol. The highest BCUT2D eigenvalue weighted by molar-refractivity contribution is 5.97. The topological polar surface area (TPSA) is 70.0 Å². The third-order valence-corrected chi connectivity index (χ3v) is 4.15. The second kappa shape index (κ2) is 6.23. The number of hydrazone groups is 1. The van der Waals surface area contributed by atoms with Crippen molar-refractivity contribution < 1.29 is 4.79 Å². The van der Waals surface area contributed by atoms with Crippen molar-refractivity contribution in [3.63, 3.8) is 0 Å². The number of benzene rings is 1. The average Bonchev–Trinajstić information content (AvgIpc) is 3.17. The molecule has 2 aliphatic heterocycles. The van der Waals surface area contributed by atoms with E-state index in [0.717, 1.165) is 24.3 Å². The van der Waals surface area contributed by atoms with E-state index in [4.69, 9.17) is 0 Å². The van der Waals surface area contributed by atoms with Gasteiger partial charge in [0.15, 0.2) is 5.78 Å². The fourth-order valence-electron chi connectivity index (χ4n) is 2.98. The van der Waals surface area contributed by atoms with Crippen LogP contribution < -0.4 is 5.32 Å². The molecule has 0 amide bonds. The number of rotatable bonds is 3. The quantitative estimate of drug-likeness (QED) is 0.879. The highest BCUT2D eigenvalue weighted by Crippen LogP contribution is 2.30. The maximum Gasteiger partial charge on any atom is 0.215 e. The Morgan fingerprint density at radius 3 is 2.88 bits per heavy atom. The number of hydrogen-bond donors (Lipinski definition) is 1. The molecule has 0 saturated heterocycles. The standard InChI is InChI=1S/C18H17N5O/c24-16(13-5-2-1-3-6-13)11-15-17-14(7-4-8-19-17)12-22-23(15)18-20-9-10-21-18/h1-8,12,15H,9-11H2,(H,20,21). The van der Waals surface area contributed by atoms with Crippen LogP contribution in [0.4, 0.5) is 0 Å². The molecule has 120 valence electrons. The van der Waals surface area contributed by atoms with Gasteiger partial charge in [-0.2, -0.15) is 5.10 Å². The Kier molecular flexibility index (Phi) is 3.78. The summed E-state index contributed by atoms with van der Waals surface area (Å²) < 4.78 is 0. The van der Waals surface area contributed by atoms with Crippen LogP contribution in [0.5, 0.6) is 0 Å². The number of fused-ring (bicyclic) bond motifs is 1. The van der Waals surface area contributed by atoms with Gasteiger partial charge in [0, 0.05) is 30.3 Å². The van der Waals surface area contributed by atoms with Crippen molar-refractivity contribution in [3.8, 4) is 0 Å². The maximum absolute atomic E-state index is 12.7. The van der Waals surface area contributed by atoms with Crippen molar-refractivity contribution in [2.45, 2.75) is 12.5 Å². The fourth-order valence-corrected chi connectivity index (χ4v) is 2.98. The molecule has 0 aliphatic carbocycles. The van der Waals surface area contributed by atoms with Crippen molar-refractivity contribution >= 4 is 18.0 Å². The van der Waals surface area contributed by atoms with Crippen LogP contribution in [-0.4, -0.2) is 41.0 Å². The lowest BCUT2D eigenvalue weighted by Crippen LogP contribution is -2.41. The summed E-state index contributed by atoms with van der Waals surface area (Å²) in [5.41, 5.74) is 2.50. The van der Waals surface area contributed by atoms with Crippen molar-refractivity contribution in [1.82, 2.24) is 15.3 Å².